The molecule has 71 heavy (non-hydrogen) atoms. The van der Waals surface area contributed by atoms with Crippen molar-refractivity contribution in [2.24, 2.45) is 0 Å². The highest BCUT2D eigenvalue weighted by molar-refractivity contribution is 7.26. The fourth-order valence-electron chi connectivity index (χ4n) is 11.4. The van der Waals surface area contributed by atoms with Crippen molar-refractivity contribution in [2.45, 2.75) is 12.3 Å². The molecular weight excluding hydrogens is 877 g/mol. The maximum Gasteiger partial charge on any atom is 0.0720 e. The van der Waals surface area contributed by atoms with E-state index in [1.54, 1.807) is 0 Å². The van der Waals surface area contributed by atoms with Gasteiger partial charge in [-0.15, -0.1) is 17.8 Å². The van der Waals surface area contributed by atoms with E-state index >= 15 is 0 Å². The molecule has 10 aromatic carbocycles. The zero-order valence-corrected chi connectivity index (χ0v) is 39.9. The second-order valence-electron chi connectivity index (χ2n) is 18.3. The third-order valence-corrected chi connectivity index (χ3v) is 15.7. The maximum atomic E-state index is 6.54. The minimum absolute atomic E-state index is 0.660. The molecule has 13 rings (SSSR count). The monoisotopic (exact) mass is 922 g/mol. The Morgan fingerprint density at radius 3 is 1.70 bits per heavy atom. The summed E-state index contributed by atoms with van der Waals surface area (Å²) in [5, 5.41) is 5.05. The van der Waals surface area contributed by atoms with Crippen molar-refractivity contribution < 1.29 is 0 Å². The molecule has 3 heteroatoms. The van der Waals surface area contributed by atoms with Crippen LogP contribution in [0.15, 0.2) is 260 Å². The first-order valence-corrected chi connectivity index (χ1v) is 25.1. The van der Waals surface area contributed by atoms with Crippen molar-refractivity contribution >= 4 is 76.0 Å². The highest BCUT2D eigenvalue weighted by atomic mass is 32.1. The molecule has 1 aliphatic rings. The van der Waals surface area contributed by atoms with Gasteiger partial charge < -0.3 is 9.47 Å². The van der Waals surface area contributed by atoms with Gasteiger partial charge in [-0.2, -0.15) is 0 Å². The topological polar surface area (TPSA) is 8.17 Å². The molecule has 0 saturated heterocycles. The van der Waals surface area contributed by atoms with E-state index in [0.29, 0.717) is 0 Å². The van der Waals surface area contributed by atoms with Gasteiger partial charge in [0, 0.05) is 64.8 Å². The lowest BCUT2D eigenvalue weighted by molar-refractivity contribution is 0.761. The van der Waals surface area contributed by atoms with E-state index < -0.39 is 5.41 Å². The van der Waals surface area contributed by atoms with Crippen molar-refractivity contribution in [1.82, 2.24) is 4.57 Å². The summed E-state index contributed by atoms with van der Waals surface area (Å²) in [6.07, 6.45) is 10.9. The summed E-state index contributed by atoms with van der Waals surface area (Å²) >= 11 is 1.88. The van der Waals surface area contributed by atoms with E-state index in [0.717, 1.165) is 45.0 Å². The molecule has 0 saturated carbocycles. The fourth-order valence-corrected chi connectivity index (χ4v) is 12.7. The van der Waals surface area contributed by atoms with E-state index in [2.05, 4.69) is 277 Å². The number of hydrogen-bond acceptors (Lipinski definition) is 2. The van der Waals surface area contributed by atoms with Crippen LogP contribution >= 0.6 is 11.3 Å². The van der Waals surface area contributed by atoms with Gasteiger partial charge in [-0.25, -0.2) is 0 Å². The molecule has 0 N–H and O–H groups in total. The van der Waals surface area contributed by atoms with Crippen LogP contribution in [-0.2, 0) is 5.41 Å². The molecule has 12 aromatic rings. The first-order chi connectivity index (χ1) is 35.1. The first-order valence-electron chi connectivity index (χ1n) is 24.2. The summed E-state index contributed by atoms with van der Waals surface area (Å²) in [4.78, 5) is 2.40. The van der Waals surface area contributed by atoms with Gasteiger partial charge in [-0.05, 0) is 118 Å². The number of nitrogens with zero attached hydrogens (tertiary/aromatic N) is 2. The smallest absolute Gasteiger partial charge is 0.0720 e. The SMILES string of the molecule is C#CC1=C(/C=C\C)C(c2ccccc2)(c2ccccc2)c2cc(N(c3ccc(-c4ccccc4)cc3)c3ccc(-c4cc5c6ccccc6n(-c6ccccc6)c5c5c4sc4ccccc45)cc3)ccc21. The summed E-state index contributed by atoms with van der Waals surface area (Å²) in [5.41, 5.74) is 17.4. The number of allylic oxidation sites excluding steroid dienone is 4. The zero-order valence-electron chi connectivity index (χ0n) is 39.1. The van der Waals surface area contributed by atoms with Gasteiger partial charge in [0.05, 0.1) is 16.4 Å². The number of terminal acetylenes is 1. The Labute approximate surface area is 418 Å². The summed E-state index contributed by atoms with van der Waals surface area (Å²) in [5.74, 6) is 3.17. The Morgan fingerprint density at radius 2 is 1.06 bits per heavy atom. The van der Waals surface area contributed by atoms with Crippen LogP contribution in [0, 0.1) is 12.3 Å². The molecule has 0 spiro atoms. The van der Waals surface area contributed by atoms with Gasteiger partial charge in [-0.1, -0.05) is 194 Å². The van der Waals surface area contributed by atoms with E-state index in [1.165, 1.54) is 75.4 Å². The van der Waals surface area contributed by atoms with Crippen molar-refractivity contribution in [3.8, 4) is 40.3 Å². The van der Waals surface area contributed by atoms with Gasteiger partial charge in [0.2, 0.25) is 0 Å². The molecule has 1 aliphatic carbocycles. The fraction of sp³-hybridized carbons (Fsp3) is 0.0294. The molecule has 0 radical (unpaired) electrons. The Morgan fingerprint density at radius 1 is 0.507 bits per heavy atom. The average molecular weight is 923 g/mol. The molecule has 0 atom stereocenters. The third kappa shape index (κ3) is 6.64. The van der Waals surface area contributed by atoms with Crippen LogP contribution in [0.25, 0.3) is 75.5 Å². The number of benzene rings is 10. The number of thiophene rings is 1. The summed E-state index contributed by atoms with van der Waals surface area (Å²) < 4.78 is 5.02. The Hall–Kier alpha value is -8.94. The van der Waals surface area contributed by atoms with Crippen molar-refractivity contribution in [3.63, 3.8) is 0 Å². The summed E-state index contributed by atoms with van der Waals surface area (Å²) in [6.45, 7) is 2.08. The zero-order chi connectivity index (χ0) is 47.5. The molecule has 0 unspecified atom stereocenters. The van der Waals surface area contributed by atoms with Gasteiger partial charge >= 0.3 is 0 Å². The number of aromatic nitrogens is 1. The summed E-state index contributed by atoms with van der Waals surface area (Å²) in [6, 6.07) is 88.3. The Kier molecular flexibility index (Phi) is 10.2. The number of rotatable bonds is 9. The van der Waals surface area contributed by atoms with Gasteiger partial charge in [0.25, 0.3) is 0 Å². The lowest BCUT2D eigenvalue weighted by Crippen LogP contribution is -2.29. The van der Waals surface area contributed by atoms with E-state index in [-0.39, 0.29) is 0 Å². The van der Waals surface area contributed by atoms with Crippen LogP contribution in [0.1, 0.15) is 29.2 Å². The quantitative estimate of drug-likeness (QED) is 0.131. The summed E-state index contributed by atoms with van der Waals surface area (Å²) in [7, 11) is 0. The molecule has 0 aliphatic heterocycles. The van der Waals surface area contributed by atoms with Crippen LogP contribution in [0.2, 0.25) is 0 Å². The molecule has 0 fully saturated rings. The lowest BCUT2D eigenvalue weighted by atomic mass is 9.66. The predicted octanol–water partition coefficient (Wildman–Crippen LogP) is 18.3. The van der Waals surface area contributed by atoms with Crippen molar-refractivity contribution in [2.75, 3.05) is 4.90 Å². The predicted molar refractivity (Wildman–Crippen MR) is 303 cm³/mol. The largest absolute Gasteiger partial charge is 0.310 e. The molecule has 2 aromatic heterocycles. The van der Waals surface area contributed by atoms with Gasteiger partial charge in [-0.3, -0.25) is 0 Å². The average Bonchev–Trinajstić information content (AvgIpc) is 4.09. The Bertz CT molecular complexity index is 4040. The lowest BCUT2D eigenvalue weighted by Gasteiger charge is -2.35. The minimum atomic E-state index is -0.660. The normalized spacial score (nSPS) is 13.1. The number of anilines is 3. The third-order valence-electron chi connectivity index (χ3n) is 14.5. The second-order valence-corrected chi connectivity index (χ2v) is 19.3. The van der Waals surface area contributed by atoms with Crippen LogP contribution in [-0.4, -0.2) is 4.57 Å². The molecular formula is C68H46N2S. The number of para-hydroxylation sites is 2. The standard InChI is InChI=1S/C68H46N2S/c1-3-21-61-55(4-2)56-43-42-54(44-62(56)68(61,49-24-11-6-12-25-49)50-26-13-7-14-27-50)69(52-38-34-47(35-39-52)46-22-9-5-10-23-46)53-40-36-48(37-41-53)59-45-60-57-30-17-19-32-63(57)70(51-28-15-8-16-29-51)66(60)65-58-31-18-20-33-64(58)71-67(59)65/h2-3,5-45H,1H3/b21-3-. The van der Waals surface area contributed by atoms with E-state index in [4.69, 9.17) is 6.42 Å². The number of hydrogen-bond donors (Lipinski definition) is 0. The second kappa shape index (κ2) is 17.2. The molecule has 2 nitrogen and oxygen atoms in total. The maximum absolute atomic E-state index is 6.54. The van der Waals surface area contributed by atoms with Crippen molar-refractivity contribution in [3.05, 3.63) is 283 Å². The highest BCUT2D eigenvalue weighted by Gasteiger charge is 2.47. The van der Waals surface area contributed by atoms with Crippen LogP contribution in [0.4, 0.5) is 17.1 Å². The minimum Gasteiger partial charge on any atom is -0.310 e. The molecule has 334 valence electrons. The van der Waals surface area contributed by atoms with Crippen LogP contribution < -0.4 is 4.90 Å². The molecule has 0 bridgehead atoms. The number of fused-ring (bicyclic) bond motifs is 8. The van der Waals surface area contributed by atoms with Gasteiger partial charge in [0.15, 0.2) is 0 Å². The van der Waals surface area contributed by atoms with Crippen molar-refractivity contribution in [1.29, 1.82) is 0 Å². The highest BCUT2D eigenvalue weighted by Crippen LogP contribution is 2.56. The van der Waals surface area contributed by atoms with E-state index in [1.807, 2.05) is 11.3 Å². The van der Waals surface area contributed by atoms with Gasteiger partial charge in [0.1, 0.15) is 0 Å². The van der Waals surface area contributed by atoms with Crippen LogP contribution in [0.5, 0.6) is 0 Å². The van der Waals surface area contributed by atoms with E-state index in [9.17, 15) is 0 Å². The first kappa shape index (κ1) is 42.2. The molecule has 2 heterocycles. The Balaban J connectivity index is 1.02. The molecule has 0 amide bonds. The van der Waals surface area contributed by atoms with Crippen LogP contribution in [0.3, 0.4) is 0 Å².